The van der Waals surface area contributed by atoms with Crippen LogP contribution in [0.2, 0.25) is 0 Å². The van der Waals surface area contributed by atoms with E-state index in [4.69, 9.17) is 5.73 Å². The fourth-order valence-corrected chi connectivity index (χ4v) is 2.24. The minimum atomic E-state index is 0.128. The number of hydrogen-bond acceptors (Lipinski definition) is 2. The van der Waals surface area contributed by atoms with E-state index in [0.717, 1.165) is 11.2 Å². The minimum Gasteiger partial charge on any atom is -0.322 e. The molecule has 1 aromatic heterocycles. The van der Waals surface area contributed by atoms with Crippen LogP contribution in [0.4, 0.5) is 0 Å². The molecule has 2 aromatic rings. The second kappa shape index (κ2) is 3.56. The fourth-order valence-electron chi connectivity index (χ4n) is 2.24. The second-order valence-corrected chi connectivity index (χ2v) is 4.74. The zero-order valence-electron chi connectivity index (χ0n) is 9.48. The molecule has 0 amide bonds. The first kappa shape index (κ1) is 9.79. The van der Waals surface area contributed by atoms with E-state index in [1.54, 1.807) is 0 Å². The van der Waals surface area contributed by atoms with Crippen LogP contribution in [0.3, 0.4) is 0 Å². The number of aryl methyl sites for hydroxylation is 1. The molecule has 0 unspecified atom stereocenters. The highest BCUT2D eigenvalue weighted by Crippen LogP contribution is 2.39. The van der Waals surface area contributed by atoms with Crippen LogP contribution in [0.5, 0.6) is 0 Å². The molecule has 0 spiro atoms. The topological polar surface area (TPSA) is 38.9 Å². The number of hydrogen-bond donors (Lipinski definition) is 1. The molecule has 0 saturated heterocycles. The van der Waals surface area contributed by atoms with Gasteiger partial charge in [0, 0.05) is 11.4 Å². The van der Waals surface area contributed by atoms with Gasteiger partial charge in [0.15, 0.2) is 0 Å². The van der Waals surface area contributed by atoms with Crippen LogP contribution in [-0.2, 0) is 0 Å². The monoisotopic (exact) mass is 212 g/mol. The molecule has 2 N–H and O–H groups in total. The van der Waals surface area contributed by atoms with E-state index in [1.165, 1.54) is 23.8 Å². The van der Waals surface area contributed by atoms with E-state index in [2.05, 4.69) is 36.2 Å². The van der Waals surface area contributed by atoms with Gasteiger partial charge in [-0.1, -0.05) is 18.2 Å². The van der Waals surface area contributed by atoms with Crippen molar-refractivity contribution in [2.45, 2.75) is 25.8 Å². The van der Waals surface area contributed by atoms with Crippen molar-refractivity contribution in [2.75, 3.05) is 0 Å². The van der Waals surface area contributed by atoms with Crippen molar-refractivity contribution >= 4 is 10.9 Å². The number of rotatable bonds is 2. The SMILES string of the molecule is Cc1cc([C@H](N)C2CC2)nc2ccccc12. The Morgan fingerprint density at radius 1 is 1.31 bits per heavy atom. The summed E-state index contributed by atoms with van der Waals surface area (Å²) in [6.45, 7) is 2.13. The summed E-state index contributed by atoms with van der Waals surface area (Å²) in [6, 6.07) is 10.5. The Morgan fingerprint density at radius 3 is 2.81 bits per heavy atom. The van der Waals surface area contributed by atoms with Gasteiger partial charge in [-0.05, 0) is 43.4 Å². The van der Waals surface area contributed by atoms with E-state index < -0.39 is 0 Å². The number of fused-ring (bicyclic) bond motifs is 1. The van der Waals surface area contributed by atoms with Crippen LogP contribution in [0.25, 0.3) is 10.9 Å². The zero-order chi connectivity index (χ0) is 11.1. The van der Waals surface area contributed by atoms with E-state index in [1.807, 2.05) is 6.07 Å². The lowest BCUT2D eigenvalue weighted by molar-refractivity contribution is 0.617. The molecule has 2 heteroatoms. The summed E-state index contributed by atoms with van der Waals surface area (Å²) < 4.78 is 0. The van der Waals surface area contributed by atoms with E-state index in [0.29, 0.717) is 5.92 Å². The van der Waals surface area contributed by atoms with Crippen molar-refractivity contribution in [1.82, 2.24) is 4.98 Å². The van der Waals surface area contributed by atoms with Crippen molar-refractivity contribution in [3.8, 4) is 0 Å². The van der Waals surface area contributed by atoms with Crippen LogP contribution in [0.1, 0.15) is 30.1 Å². The molecule has 0 aliphatic heterocycles. The van der Waals surface area contributed by atoms with Gasteiger partial charge in [-0.3, -0.25) is 4.98 Å². The van der Waals surface area contributed by atoms with Gasteiger partial charge in [-0.2, -0.15) is 0 Å². The summed E-state index contributed by atoms with van der Waals surface area (Å²) in [6.07, 6.45) is 2.52. The van der Waals surface area contributed by atoms with Gasteiger partial charge in [-0.15, -0.1) is 0 Å². The molecule has 1 heterocycles. The molecular formula is C14H16N2. The molecule has 1 aromatic carbocycles. The lowest BCUT2D eigenvalue weighted by atomic mass is 10.0. The normalized spacial score (nSPS) is 17.6. The Labute approximate surface area is 95.5 Å². The van der Waals surface area contributed by atoms with E-state index >= 15 is 0 Å². The lowest BCUT2D eigenvalue weighted by Gasteiger charge is -2.12. The number of pyridine rings is 1. The Bertz CT molecular complexity index is 529. The number of benzene rings is 1. The average Bonchev–Trinajstić information content (AvgIpc) is 3.12. The van der Waals surface area contributed by atoms with Crippen molar-refractivity contribution in [3.05, 3.63) is 41.6 Å². The molecule has 16 heavy (non-hydrogen) atoms. The third-order valence-electron chi connectivity index (χ3n) is 3.41. The smallest absolute Gasteiger partial charge is 0.0708 e. The Morgan fingerprint density at radius 2 is 2.06 bits per heavy atom. The molecule has 1 fully saturated rings. The van der Waals surface area contributed by atoms with Gasteiger partial charge in [-0.25, -0.2) is 0 Å². The third-order valence-corrected chi connectivity index (χ3v) is 3.41. The summed E-state index contributed by atoms with van der Waals surface area (Å²) in [5.41, 5.74) is 9.59. The maximum atomic E-state index is 6.20. The van der Waals surface area contributed by atoms with Crippen LogP contribution in [0.15, 0.2) is 30.3 Å². The van der Waals surface area contributed by atoms with Crippen LogP contribution < -0.4 is 5.73 Å². The van der Waals surface area contributed by atoms with Crippen LogP contribution in [0, 0.1) is 12.8 Å². The summed E-state index contributed by atoms with van der Waals surface area (Å²) in [5, 5.41) is 1.23. The standard InChI is InChI=1S/C14H16N2/c1-9-8-13(14(15)10-6-7-10)16-12-5-3-2-4-11(9)12/h2-5,8,10,14H,6-7,15H2,1H3/t14-/m1/s1. The van der Waals surface area contributed by atoms with Gasteiger partial charge in [0.1, 0.15) is 0 Å². The molecule has 1 atom stereocenters. The van der Waals surface area contributed by atoms with E-state index in [-0.39, 0.29) is 6.04 Å². The maximum Gasteiger partial charge on any atom is 0.0708 e. The molecular weight excluding hydrogens is 196 g/mol. The molecule has 1 saturated carbocycles. The fraction of sp³-hybridized carbons (Fsp3) is 0.357. The molecule has 1 aliphatic carbocycles. The summed E-state index contributed by atoms with van der Waals surface area (Å²) in [5.74, 6) is 0.660. The third kappa shape index (κ3) is 1.59. The summed E-state index contributed by atoms with van der Waals surface area (Å²) in [4.78, 5) is 4.67. The highest BCUT2D eigenvalue weighted by atomic mass is 14.8. The molecule has 82 valence electrons. The minimum absolute atomic E-state index is 0.128. The first-order valence-electron chi connectivity index (χ1n) is 5.87. The second-order valence-electron chi connectivity index (χ2n) is 4.74. The Balaban J connectivity index is 2.12. The van der Waals surface area contributed by atoms with Crippen molar-refractivity contribution < 1.29 is 0 Å². The summed E-state index contributed by atoms with van der Waals surface area (Å²) >= 11 is 0. The molecule has 1 aliphatic rings. The van der Waals surface area contributed by atoms with Gasteiger partial charge < -0.3 is 5.73 Å². The van der Waals surface area contributed by atoms with Crippen molar-refractivity contribution in [3.63, 3.8) is 0 Å². The Hall–Kier alpha value is -1.41. The van der Waals surface area contributed by atoms with Crippen LogP contribution in [-0.4, -0.2) is 4.98 Å². The highest BCUT2D eigenvalue weighted by molar-refractivity contribution is 5.82. The zero-order valence-corrected chi connectivity index (χ0v) is 9.48. The predicted octanol–water partition coefficient (Wildman–Crippen LogP) is 2.95. The van der Waals surface area contributed by atoms with Gasteiger partial charge in [0.25, 0.3) is 0 Å². The molecule has 0 radical (unpaired) electrons. The van der Waals surface area contributed by atoms with Gasteiger partial charge >= 0.3 is 0 Å². The number of nitrogens with two attached hydrogens (primary N) is 1. The predicted molar refractivity (Wildman–Crippen MR) is 66.1 cm³/mol. The lowest BCUT2D eigenvalue weighted by Crippen LogP contribution is -2.14. The largest absolute Gasteiger partial charge is 0.322 e. The summed E-state index contributed by atoms with van der Waals surface area (Å²) in [7, 11) is 0. The maximum absolute atomic E-state index is 6.20. The van der Waals surface area contributed by atoms with Gasteiger partial charge in [0.05, 0.1) is 11.2 Å². The van der Waals surface area contributed by atoms with Crippen molar-refractivity contribution in [1.29, 1.82) is 0 Å². The number of aromatic nitrogens is 1. The van der Waals surface area contributed by atoms with E-state index in [9.17, 15) is 0 Å². The quantitative estimate of drug-likeness (QED) is 0.831. The molecule has 3 rings (SSSR count). The highest BCUT2D eigenvalue weighted by Gasteiger charge is 2.30. The molecule has 0 bridgehead atoms. The number of para-hydroxylation sites is 1. The van der Waals surface area contributed by atoms with Crippen molar-refractivity contribution in [2.24, 2.45) is 11.7 Å². The first-order valence-corrected chi connectivity index (χ1v) is 5.87. The first-order chi connectivity index (χ1) is 7.75. The van der Waals surface area contributed by atoms with Gasteiger partial charge in [0.2, 0.25) is 0 Å². The Kier molecular flexibility index (Phi) is 2.18. The average molecular weight is 212 g/mol. The number of nitrogens with zero attached hydrogens (tertiary/aromatic N) is 1. The van der Waals surface area contributed by atoms with Crippen LogP contribution >= 0.6 is 0 Å². The molecule has 2 nitrogen and oxygen atoms in total.